The third-order valence-electron chi connectivity index (χ3n) is 4.71. The zero-order chi connectivity index (χ0) is 17.6. The van der Waals surface area contributed by atoms with Crippen molar-refractivity contribution < 1.29 is 9.53 Å². The molecule has 1 heterocycles. The number of nitrogens with one attached hydrogen (secondary N) is 1. The van der Waals surface area contributed by atoms with Gasteiger partial charge in [-0.25, -0.2) is 4.68 Å². The van der Waals surface area contributed by atoms with Crippen molar-refractivity contribution in [3.63, 3.8) is 0 Å². The highest BCUT2D eigenvalue weighted by Crippen LogP contribution is 2.25. The van der Waals surface area contributed by atoms with Gasteiger partial charge in [0, 0.05) is 6.54 Å². The average molecular weight is 344 g/mol. The number of hydrogen-bond acceptors (Lipinski definition) is 5. The summed E-state index contributed by atoms with van der Waals surface area (Å²) in [4.78, 5) is 24.3. The number of fused-ring (bicyclic) bond motifs is 1. The maximum atomic E-state index is 12.3. The molecule has 0 unspecified atom stereocenters. The highest BCUT2D eigenvalue weighted by atomic mass is 16.5. The molecule has 2 atom stereocenters. The van der Waals surface area contributed by atoms with E-state index in [0.29, 0.717) is 36.1 Å². The van der Waals surface area contributed by atoms with Gasteiger partial charge in [-0.2, -0.15) is 0 Å². The minimum atomic E-state index is -0.312. The first-order valence-corrected chi connectivity index (χ1v) is 8.86. The molecule has 0 aliphatic heterocycles. The Morgan fingerprint density at radius 3 is 2.96 bits per heavy atom. The van der Waals surface area contributed by atoms with E-state index >= 15 is 0 Å². The van der Waals surface area contributed by atoms with E-state index in [1.165, 1.54) is 19.3 Å². The average Bonchev–Trinajstić information content (AvgIpc) is 2.63. The second-order valence-electron chi connectivity index (χ2n) is 6.59. The van der Waals surface area contributed by atoms with Gasteiger partial charge in [-0.15, -0.1) is 5.10 Å². The van der Waals surface area contributed by atoms with E-state index in [9.17, 15) is 9.59 Å². The van der Waals surface area contributed by atoms with Gasteiger partial charge in [0.05, 0.1) is 18.1 Å². The van der Waals surface area contributed by atoms with Crippen LogP contribution >= 0.6 is 0 Å². The van der Waals surface area contributed by atoms with Crippen molar-refractivity contribution in [2.75, 3.05) is 13.2 Å². The first-order valence-electron chi connectivity index (χ1n) is 8.86. The summed E-state index contributed by atoms with van der Waals surface area (Å²) in [5.74, 6) is 0.308. The lowest BCUT2D eigenvalue weighted by Gasteiger charge is -2.28. The van der Waals surface area contributed by atoms with E-state index in [-0.39, 0.29) is 18.0 Å². The summed E-state index contributed by atoms with van der Waals surface area (Å²) in [6.45, 7) is 2.99. The number of nitrogens with zero attached hydrogens (tertiary/aromatic N) is 3. The second kappa shape index (κ2) is 8.20. The fourth-order valence-corrected chi connectivity index (χ4v) is 3.25. The number of carbonyl (C=O) groups is 1. The smallest absolute Gasteiger partial charge is 0.278 e. The van der Waals surface area contributed by atoms with Crippen molar-refractivity contribution in [1.82, 2.24) is 20.3 Å². The number of rotatable bonds is 6. The van der Waals surface area contributed by atoms with Crippen LogP contribution in [0.25, 0.3) is 10.9 Å². The molecule has 0 bridgehead atoms. The maximum Gasteiger partial charge on any atom is 0.278 e. The molecule has 25 heavy (non-hydrogen) atoms. The van der Waals surface area contributed by atoms with Crippen molar-refractivity contribution in [3.05, 3.63) is 34.6 Å². The molecular formula is C18H24N4O3. The second-order valence-corrected chi connectivity index (χ2v) is 6.59. The molecule has 1 aromatic carbocycles. The molecule has 1 aromatic heterocycles. The van der Waals surface area contributed by atoms with Crippen LogP contribution in [-0.4, -0.2) is 40.2 Å². The summed E-state index contributed by atoms with van der Waals surface area (Å²) in [7, 11) is 0. The lowest BCUT2D eigenvalue weighted by atomic mass is 9.88. The molecule has 0 spiro atoms. The lowest BCUT2D eigenvalue weighted by molar-refractivity contribution is -0.122. The van der Waals surface area contributed by atoms with Crippen LogP contribution in [0.15, 0.2) is 29.1 Å². The molecule has 1 aliphatic rings. The summed E-state index contributed by atoms with van der Waals surface area (Å²) < 4.78 is 6.95. The van der Waals surface area contributed by atoms with Crippen molar-refractivity contribution >= 4 is 16.8 Å². The van der Waals surface area contributed by atoms with Gasteiger partial charge in [-0.1, -0.05) is 37.1 Å². The highest BCUT2D eigenvalue weighted by Gasteiger charge is 2.21. The Kier molecular flexibility index (Phi) is 5.75. The van der Waals surface area contributed by atoms with Gasteiger partial charge in [0.25, 0.3) is 5.56 Å². The first kappa shape index (κ1) is 17.5. The number of carbonyl (C=O) groups excluding carboxylic acids is 1. The Morgan fingerprint density at radius 2 is 2.12 bits per heavy atom. The predicted octanol–water partition coefficient (Wildman–Crippen LogP) is 1.50. The van der Waals surface area contributed by atoms with Crippen molar-refractivity contribution in [2.24, 2.45) is 5.92 Å². The first-order chi connectivity index (χ1) is 12.1. The normalized spacial score (nSPS) is 20.5. The van der Waals surface area contributed by atoms with Crippen molar-refractivity contribution in [1.29, 1.82) is 0 Å². The molecular weight excluding hydrogens is 320 g/mol. The quantitative estimate of drug-likeness (QED) is 0.803. The molecule has 7 heteroatoms. The predicted molar refractivity (Wildman–Crippen MR) is 94.2 cm³/mol. The zero-order valence-corrected chi connectivity index (χ0v) is 14.5. The molecule has 1 aliphatic carbocycles. The van der Waals surface area contributed by atoms with E-state index in [2.05, 4.69) is 22.6 Å². The molecule has 3 rings (SSSR count). The summed E-state index contributed by atoms with van der Waals surface area (Å²) in [6, 6.07) is 6.96. The lowest BCUT2D eigenvalue weighted by Crippen LogP contribution is -2.36. The van der Waals surface area contributed by atoms with Gasteiger partial charge >= 0.3 is 0 Å². The molecule has 0 saturated heterocycles. The van der Waals surface area contributed by atoms with E-state index in [1.54, 1.807) is 24.3 Å². The number of amides is 1. The van der Waals surface area contributed by atoms with Crippen LogP contribution in [0.4, 0.5) is 0 Å². The van der Waals surface area contributed by atoms with Crippen LogP contribution in [0.2, 0.25) is 0 Å². The summed E-state index contributed by atoms with van der Waals surface area (Å²) in [5.41, 5.74) is 0.215. The number of ether oxygens (including phenoxy) is 1. The highest BCUT2D eigenvalue weighted by molar-refractivity contribution is 5.78. The Bertz CT molecular complexity index is 789. The molecule has 7 nitrogen and oxygen atoms in total. The standard InChI is InChI=1S/C18H24N4O3/c1-13-6-2-5-9-16(13)25-11-10-19-17(23)12-22-18(24)14-7-3-4-8-15(14)20-21-22/h3-4,7-8,13,16H,2,5-6,9-12H2,1H3,(H,19,23)/t13-,16-/m1/s1. The monoisotopic (exact) mass is 344 g/mol. The molecule has 2 aromatic rings. The topological polar surface area (TPSA) is 86.1 Å². The van der Waals surface area contributed by atoms with E-state index < -0.39 is 0 Å². The van der Waals surface area contributed by atoms with Crippen molar-refractivity contribution in [2.45, 2.75) is 45.3 Å². The van der Waals surface area contributed by atoms with Gasteiger partial charge in [0.15, 0.2) is 0 Å². The Hall–Kier alpha value is -2.28. The van der Waals surface area contributed by atoms with Gasteiger partial charge in [0.2, 0.25) is 5.91 Å². The van der Waals surface area contributed by atoms with E-state index in [0.717, 1.165) is 11.1 Å². The summed E-state index contributed by atoms with van der Waals surface area (Å²) in [6.07, 6.45) is 5.08. The third-order valence-corrected chi connectivity index (χ3v) is 4.71. The number of hydrogen-bond donors (Lipinski definition) is 1. The van der Waals surface area contributed by atoms with Crippen LogP contribution in [0.3, 0.4) is 0 Å². The molecule has 1 saturated carbocycles. The summed E-state index contributed by atoms with van der Waals surface area (Å²) in [5, 5.41) is 11.0. The van der Waals surface area contributed by atoms with Crippen molar-refractivity contribution in [3.8, 4) is 0 Å². The molecule has 134 valence electrons. The molecule has 1 amide bonds. The molecule has 1 fully saturated rings. The number of benzene rings is 1. The fourth-order valence-electron chi connectivity index (χ4n) is 3.25. The number of aromatic nitrogens is 3. The maximum absolute atomic E-state index is 12.3. The summed E-state index contributed by atoms with van der Waals surface area (Å²) >= 11 is 0. The van der Waals surface area contributed by atoms with Crippen LogP contribution in [0.5, 0.6) is 0 Å². The van der Waals surface area contributed by atoms with Crippen LogP contribution in [0, 0.1) is 5.92 Å². The zero-order valence-electron chi connectivity index (χ0n) is 14.5. The van der Waals surface area contributed by atoms with Gasteiger partial charge in [-0.05, 0) is 30.9 Å². The van der Waals surface area contributed by atoms with Crippen LogP contribution in [0.1, 0.15) is 32.6 Å². The Labute approximate surface area is 146 Å². The van der Waals surface area contributed by atoms with Gasteiger partial charge in [0.1, 0.15) is 12.1 Å². The van der Waals surface area contributed by atoms with Crippen LogP contribution in [-0.2, 0) is 16.1 Å². The fraction of sp³-hybridized carbons (Fsp3) is 0.556. The Balaban J connectivity index is 1.48. The van der Waals surface area contributed by atoms with E-state index in [1.807, 2.05) is 0 Å². The minimum absolute atomic E-state index is 0.142. The third kappa shape index (κ3) is 4.42. The largest absolute Gasteiger partial charge is 0.376 e. The van der Waals surface area contributed by atoms with Gasteiger partial charge in [-0.3, -0.25) is 9.59 Å². The van der Waals surface area contributed by atoms with Crippen LogP contribution < -0.4 is 10.9 Å². The Morgan fingerprint density at radius 1 is 1.32 bits per heavy atom. The molecule has 1 N–H and O–H groups in total. The van der Waals surface area contributed by atoms with Gasteiger partial charge < -0.3 is 10.1 Å². The molecule has 0 radical (unpaired) electrons. The SMILES string of the molecule is C[C@@H]1CCCC[C@H]1OCCNC(=O)Cn1nnc2ccccc2c1=O. The van der Waals surface area contributed by atoms with E-state index in [4.69, 9.17) is 4.74 Å². The minimum Gasteiger partial charge on any atom is -0.376 e.